The summed E-state index contributed by atoms with van der Waals surface area (Å²) >= 11 is 14.4. The highest BCUT2D eigenvalue weighted by molar-refractivity contribution is 7.10. The van der Waals surface area contributed by atoms with Gasteiger partial charge in [-0.15, -0.1) is 11.3 Å². The van der Waals surface area contributed by atoms with Crippen LogP contribution in [0.1, 0.15) is 68.5 Å². The van der Waals surface area contributed by atoms with Crippen LogP contribution in [0.15, 0.2) is 29.6 Å². The lowest BCUT2D eigenvalue weighted by atomic mass is 9.93. The van der Waals surface area contributed by atoms with Gasteiger partial charge in [0.2, 0.25) is 11.8 Å². The molecule has 1 aliphatic rings. The fraction of sp³-hybridized carbons (Fsp3) is 0.520. The first-order valence-electron chi connectivity index (χ1n) is 11.4. The monoisotopic (exact) mass is 494 g/mol. The van der Waals surface area contributed by atoms with Gasteiger partial charge in [0, 0.05) is 34.4 Å². The molecule has 0 spiro atoms. The zero-order valence-electron chi connectivity index (χ0n) is 19.1. The third kappa shape index (κ3) is 6.06. The average Bonchev–Trinajstić information content (AvgIpc) is 3.23. The zero-order chi connectivity index (χ0) is 23.3. The Bertz CT molecular complexity index is 944. The Kier molecular flexibility index (Phi) is 9.04. The van der Waals surface area contributed by atoms with E-state index in [1.54, 1.807) is 22.3 Å². The van der Waals surface area contributed by atoms with Gasteiger partial charge in [0.05, 0.1) is 12.6 Å². The van der Waals surface area contributed by atoms with E-state index in [2.05, 4.69) is 32.2 Å². The van der Waals surface area contributed by atoms with Crippen LogP contribution in [0.2, 0.25) is 10.0 Å². The first-order chi connectivity index (χ1) is 15.3. The van der Waals surface area contributed by atoms with Gasteiger partial charge in [-0.25, -0.2) is 0 Å². The second kappa shape index (κ2) is 11.5. The molecule has 3 rings (SSSR count). The zero-order valence-corrected chi connectivity index (χ0v) is 21.4. The van der Waals surface area contributed by atoms with Gasteiger partial charge in [-0.2, -0.15) is 0 Å². The molecule has 1 atom stereocenters. The van der Waals surface area contributed by atoms with E-state index < -0.39 is 0 Å². The first-order valence-corrected chi connectivity index (χ1v) is 13.0. The summed E-state index contributed by atoms with van der Waals surface area (Å²) in [5, 5.41) is 3.19. The third-order valence-corrected chi connectivity index (χ3v) is 7.50. The molecule has 4 nitrogen and oxygen atoms in total. The molecule has 7 heteroatoms. The molecular weight excluding hydrogens is 463 g/mol. The minimum absolute atomic E-state index is 0.0357. The van der Waals surface area contributed by atoms with Crippen LogP contribution in [-0.4, -0.2) is 41.2 Å². The van der Waals surface area contributed by atoms with Crippen LogP contribution in [-0.2, 0) is 16.0 Å². The van der Waals surface area contributed by atoms with Crippen molar-refractivity contribution in [3.8, 4) is 0 Å². The molecule has 1 aliphatic heterocycles. The van der Waals surface area contributed by atoms with E-state index in [1.165, 1.54) is 4.88 Å². The number of carbonyl (C=O) groups is 2. The number of rotatable bonds is 9. The summed E-state index contributed by atoms with van der Waals surface area (Å²) in [4.78, 5) is 31.4. The van der Waals surface area contributed by atoms with E-state index in [0.717, 1.165) is 36.8 Å². The lowest BCUT2D eigenvalue weighted by Crippen LogP contribution is -2.47. The van der Waals surface area contributed by atoms with Gasteiger partial charge in [0.15, 0.2) is 0 Å². The molecule has 32 heavy (non-hydrogen) atoms. The van der Waals surface area contributed by atoms with Crippen LogP contribution in [0.25, 0.3) is 0 Å². The number of thiophene rings is 1. The van der Waals surface area contributed by atoms with Crippen molar-refractivity contribution in [1.29, 1.82) is 0 Å². The molecule has 0 fully saturated rings. The molecule has 174 valence electrons. The first kappa shape index (κ1) is 25.1. The van der Waals surface area contributed by atoms with Crippen LogP contribution in [0, 0.1) is 5.92 Å². The SMILES string of the molecule is CCCCC(=O)N(CCC(C)C)CC(=O)N1CCc2sccc2C1c1ccc(Cl)cc1Cl. The number of hydrogen-bond acceptors (Lipinski definition) is 3. The van der Waals surface area contributed by atoms with Gasteiger partial charge in [-0.05, 0) is 59.9 Å². The van der Waals surface area contributed by atoms with Crippen molar-refractivity contribution in [2.24, 2.45) is 5.92 Å². The van der Waals surface area contributed by atoms with Gasteiger partial charge < -0.3 is 9.80 Å². The minimum atomic E-state index is -0.264. The Morgan fingerprint density at radius 3 is 2.69 bits per heavy atom. The quantitative estimate of drug-likeness (QED) is 0.394. The van der Waals surface area contributed by atoms with E-state index >= 15 is 0 Å². The second-order valence-electron chi connectivity index (χ2n) is 8.81. The molecule has 0 N–H and O–H groups in total. The summed E-state index contributed by atoms with van der Waals surface area (Å²) in [7, 11) is 0. The molecule has 1 aromatic heterocycles. The summed E-state index contributed by atoms with van der Waals surface area (Å²) in [6.07, 6.45) is 3.99. The van der Waals surface area contributed by atoms with E-state index in [0.29, 0.717) is 35.5 Å². The molecule has 0 bridgehead atoms. The fourth-order valence-electron chi connectivity index (χ4n) is 4.09. The van der Waals surface area contributed by atoms with Crippen molar-refractivity contribution >= 4 is 46.4 Å². The summed E-state index contributed by atoms with van der Waals surface area (Å²) in [5.74, 6) is 0.497. The highest BCUT2D eigenvalue weighted by Crippen LogP contribution is 2.41. The predicted molar refractivity (Wildman–Crippen MR) is 134 cm³/mol. The molecule has 0 saturated heterocycles. The largest absolute Gasteiger partial charge is 0.333 e. The van der Waals surface area contributed by atoms with Crippen molar-refractivity contribution in [1.82, 2.24) is 9.80 Å². The van der Waals surface area contributed by atoms with Crippen LogP contribution in [0.3, 0.4) is 0 Å². The average molecular weight is 496 g/mol. The van der Waals surface area contributed by atoms with E-state index in [4.69, 9.17) is 23.2 Å². The molecule has 1 unspecified atom stereocenters. The Balaban J connectivity index is 1.87. The number of benzene rings is 1. The Morgan fingerprint density at radius 2 is 2.00 bits per heavy atom. The Hall–Kier alpha value is -1.56. The molecule has 2 heterocycles. The van der Waals surface area contributed by atoms with Crippen LogP contribution >= 0.6 is 34.5 Å². The van der Waals surface area contributed by atoms with E-state index in [-0.39, 0.29) is 24.4 Å². The van der Waals surface area contributed by atoms with Gasteiger partial charge >= 0.3 is 0 Å². The molecule has 2 aromatic rings. The number of unbranched alkanes of at least 4 members (excludes halogenated alkanes) is 1. The van der Waals surface area contributed by atoms with Crippen LogP contribution in [0.5, 0.6) is 0 Å². The van der Waals surface area contributed by atoms with Gasteiger partial charge in [-0.1, -0.05) is 56.5 Å². The number of amides is 2. The summed E-state index contributed by atoms with van der Waals surface area (Å²) < 4.78 is 0. The molecule has 1 aromatic carbocycles. The highest BCUT2D eigenvalue weighted by Gasteiger charge is 2.35. The molecule has 0 saturated carbocycles. The van der Waals surface area contributed by atoms with Crippen molar-refractivity contribution in [3.05, 3.63) is 55.7 Å². The number of fused-ring (bicyclic) bond motifs is 1. The number of halogens is 2. The van der Waals surface area contributed by atoms with Crippen LogP contribution in [0.4, 0.5) is 0 Å². The summed E-state index contributed by atoms with van der Waals surface area (Å²) in [6, 6.07) is 7.27. The van der Waals surface area contributed by atoms with Crippen LogP contribution < -0.4 is 0 Å². The fourth-order valence-corrected chi connectivity index (χ4v) is 5.51. The third-order valence-electron chi connectivity index (χ3n) is 5.94. The van der Waals surface area contributed by atoms with Gasteiger partial charge in [0.1, 0.15) is 0 Å². The number of carbonyl (C=O) groups excluding carboxylic acids is 2. The normalized spacial score (nSPS) is 15.7. The number of hydrogen-bond donors (Lipinski definition) is 0. The smallest absolute Gasteiger partial charge is 0.242 e. The van der Waals surface area contributed by atoms with Crippen molar-refractivity contribution in [2.45, 2.75) is 58.9 Å². The van der Waals surface area contributed by atoms with Crippen molar-refractivity contribution in [2.75, 3.05) is 19.6 Å². The highest BCUT2D eigenvalue weighted by atomic mass is 35.5. The standard InChI is InChI=1S/C25H32Cl2N2O2S/c1-4-5-6-23(30)28(12-9-17(2)3)16-24(31)29-13-10-22-20(11-14-32-22)25(29)19-8-7-18(26)15-21(19)27/h7-8,11,14-15,17,25H,4-6,9-10,12-13,16H2,1-3H3. The summed E-state index contributed by atoms with van der Waals surface area (Å²) in [5.41, 5.74) is 1.99. The maximum absolute atomic E-state index is 13.6. The van der Waals surface area contributed by atoms with Crippen molar-refractivity contribution in [3.63, 3.8) is 0 Å². The Labute approximate surface area is 205 Å². The van der Waals surface area contributed by atoms with Crippen molar-refractivity contribution < 1.29 is 9.59 Å². The maximum Gasteiger partial charge on any atom is 0.242 e. The minimum Gasteiger partial charge on any atom is -0.333 e. The topological polar surface area (TPSA) is 40.6 Å². The second-order valence-corrected chi connectivity index (χ2v) is 10.7. The number of nitrogens with zero attached hydrogens (tertiary/aromatic N) is 2. The lowest BCUT2D eigenvalue weighted by Gasteiger charge is -2.38. The lowest BCUT2D eigenvalue weighted by molar-refractivity contribution is -0.142. The molecule has 0 radical (unpaired) electrons. The summed E-state index contributed by atoms with van der Waals surface area (Å²) in [6.45, 7) is 7.67. The molecule has 2 amide bonds. The van der Waals surface area contributed by atoms with Gasteiger partial charge in [-0.3, -0.25) is 9.59 Å². The molecule has 0 aliphatic carbocycles. The maximum atomic E-state index is 13.6. The van der Waals surface area contributed by atoms with E-state index in [9.17, 15) is 9.59 Å². The van der Waals surface area contributed by atoms with Gasteiger partial charge in [0.25, 0.3) is 0 Å². The molecular formula is C25H32Cl2N2O2S. The van der Waals surface area contributed by atoms with E-state index in [1.807, 2.05) is 17.0 Å². The Morgan fingerprint density at radius 1 is 1.22 bits per heavy atom. The predicted octanol–water partition coefficient (Wildman–Crippen LogP) is 6.59.